The van der Waals surface area contributed by atoms with E-state index in [0.29, 0.717) is 11.8 Å². The Balaban J connectivity index is 0.928. The minimum atomic E-state index is 0.660. The molecule has 0 radical (unpaired) electrons. The van der Waals surface area contributed by atoms with Gasteiger partial charge in [-0.15, -0.1) is 0 Å². The number of allylic oxidation sites excluding steroid dienone is 2. The van der Waals surface area contributed by atoms with Crippen molar-refractivity contribution in [1.29, 1.82) is 0 Å². The Bertz CT molecular complexity index is 1650. The molecule has 0 aliphatic heterocycles. The van der Waals surface area contributed by atoms with Crippen LogP contribution in [0.25, 0.3) is 11.1 Å². The van der Waals surface area contributed by atoms with Gasteiger partial charge >= 0.3 is 0 Å². The average Bonchev–Trinajstić information content (AvgIpc) is 3.42. The van der Waals surface area contributed by atoms with E-state index >= 15 is 0 Å². The van der Waals surface area contributed by atoms with E-state index in [0.717, 1.165) is 72.4 Å². The van der Waals surface area contributed by atoms with Crippen molar-refractivity contribution >= 4 is 11.1 Å². The van der Waals surface area contributed by atoms with Crippen LogP contribution in [0.1, 0.15) is 293 Å². The highest BCUT2D eigenvalue weighted by atomic mass is 16.5. The van der Waals surface area contributed by atoms with Gasteiger partial charge in [0.25, 0.3) is 0 Å². The molecule has 0 N–H and O–H groups in total. The van der Waals surface area contributed by atoms with Gasteiger partial charge in [-0.2, -0.15) is 0 Å². The third kappa shape index (κ3) is 16.4. The molecule has 0 heterocycles. The minimum Gasteiger partial charge on any atom is -0.373 e. The standard InChI is InChI=1S/C70H110O/c1-5-9-11-15-55-21-29-59(30-22-55)63-37-45-67(46-38-63)69(65-41-33-61(34-42-65)57-25-17-53(13-7-3)18-26-57)49-51-71-52-50-70(66-43-35-62(36-44-66)58-27-19-54(14-8-4)20-28-58)68-47-39-64(40-48-68)60-31-23-56(24-32-60)16-12-10-6-2/h37-40,45-50,53-62,65-66H,5-36,41-44,51-52H2,1-4H3. The molecule has 0 aromatic heterocycles. The first kappa shape index (κ1) is 55.1. The highest BCUT2D eigenvalue weighted by Gasteiger charge is 2.34. The summed E-state index contributed by atoms with van der Waals surface area (Å²) in [5, 5.41) is 0. The smallest absolute Gasteiger partial charge is 0.0657 e. The summed E-state index contributed by atoms with van der Waals surface area (Å²) in [4.78, 5) is 0. The Morgan fingerprint density at radius 2 is 0.662 bits per heavy atom. The first-order valence-corrected chi connectivity index (χ1v) is 32.2. The molecule has 0 atom stereocenters. The summed E-state index contributed by atoms with van der Waals surface area (Å²) < 4.78 is 6.79. The van der Waals surface area contributed by atoms with Crippen LogP contribution in [0, 0.1) is 59.2 Å². The van der Waals surface area contributed by atoms with E-state index in [-0.39, 0.29) is 0 Å². The summed E-state index contributed by atoms with van der Waals surface area (Å²) in [5.41, 5.74) is 9.35. The molecule has 1 nitrogen and oxygen atoms in total. The second-order valence-electron chi connectivity index (χ2n) is 25.9. The second kappa shape index (κ2) is 29.8. The van der Waals surface area contributed by atoms with Crippen molar-refractivity contribution in [2.24, 2.45) is 59.2 Å². The molecule has 6 fully saturated rings. The first-order chi connectivity index (χ1) is 35.0. The second-order valence-corrected chi connectivity index (χ2v) is 25.9. The maximum atomic E-state index is 6.79. The van der Waals surface area contributed by atoms with Gasteiger partial charge in [0.1, 0.15) is 0 Å². The molecule has 2 aromatic rings. The Morgan fingerprint density at radius 3 is 0.986 bits per heavy atom. The maximum Gasteiger partial charge on any atom is 0.0657 e. The van der Waals surface area contributed by atoms with Gasteiger partial charge in [-0.3, -0.25) is 0 Å². The van der Waals surface area contributed by atoms with Gasteiger partial charge in [0.2, 0.25) is 0 Å². The predicted octanol–water partition coefficient (Wildman–Crippen LogP) is 21.7. The molecular formula is C70H110O. The van der Waals surface area contributed by atoms with Crippen LogP contribution < -0.4 is 0 Å². The molecule has 0 amide bonds. The summed E-state index contributed by atoms with van der Waals surface area (Å²) >= 11 is 0. The molecule has 0 bridgehead atoms. The number of hydrogen-bond donors (Lipinski definition) is 0. The average molecular weight is 968 g/mol. The van der Waals surface area contributed by atoms with Gasteiger partial charge in [-0.25, -0.2) is 0 Å². The largest absolute Gasteiger partial charge is 0.373 e. The van der Waals surface area contributed by atoms with Gasteiger partial charge < -0.3 is 4.74 Å². The van der Waals surface area contributed by atoms with E-state index in [1.807, 2.05) is 0 Å². The summed E-state index contributed by atoms with van der Waals surface area (Å²) in [5.74, 6) is 10.7. The molecule has 6 aliphatic carbocycles. The van der Waals surface area contributed by atoms with Gasteiger partial charge in [0.05, 0.1) is 13.2 Å². The number of benzene rings is 2. The fourth-order valence-electron chi connectivity index (χ4n) is 16.8. The summed E-state index contributed by atoms with van der Waals surface area (Å²) in [7, 11) is 0. The van der Waals surface area contributed by atoms with Crippen LogP contribution in [0.3, 0.4) is 0 Å². The third-order valence-electron chi connectivity index (χ3n) is 21.3. The van der Waals surface area contributed by atoms with Gasteiger partial charge in [-0.1, -0.05) is 191 Å². The molecule has 8 rings (SSSR count). The Labute approximate surface area is 439 Å². The number of hydrogen-bond acceptors (Lipinski definition) is 1. The van der Waals surface area contributed by atoms with Gasteiger partial charge in [0, 0.05) is 0 Å². The monoisotopic (exact) mass is 967 g/mol. The van der Waals surface area contributed by atoms with E-state index in [4.69, 9.17) is 4.74 Å². The molecule has 71 heavy (non-hydrogen) atoms. The predicted molar refractivity (Wildman–Crippen MR) is 309 cm³/mol. The SMILES string of the molecule is CCCCCC1CCC(c2ccc(C(=CCOCC=C(c3ccc(C4CCC(CCCCC)CC4)cc3)C3CCC(C4CCC(CCC)CC4)CC3)C3CCC(C4CCC(CCC)CC4)CC3)cc2)CC1. The van der Waals surface area contributed by atoms with Crippen LogP contribution in [-0.2, 0) is 4.74 Å². The molecule has 6 aliphatic rings. The molecule has 0 saturated heterocycles. The summed E-state index contributed by atoms with van der Waals surface area (Å²) in [6.45, 7) is 10.9. The Kier molecular flexibility index (Phi) is 23.2. The molecular weight excluding hydrogens is 857 g/mol. The van der Waals surface area contributed by atoms with Crippen LogP contribution in [0.4, 0.5) is 0 Å². The van der Waals surface area contributed by atoms with Crippen molar-refractivity contribution in [3.63, 3.8) is 0 Å². The van der Waals surface area contributed by atoms with Gasteiger partial charge in [-0.05, 0) is 233 Å². The zero-order valence-electron chi connectivity index (χ0n) is 47.0. The van der Waals surface area contributed by atoms with Gasteiger partial charge in [0.15, 0.2) is 0 Å². The fraction of sp³-hybridized carbons (Fsp3) is 0.771. The lowest BCUT2D eigenvalue weighted by atomic mass is 9.67. The summed E-state index contributed by atoms with van der Waals surface area (Å²) in [6, 6.07) is 20.3. The van der Waals surface area contributed by atoms with Crippen molar-refractivity contribution in [2.75, 3.05) is 13.2 Å². The lowest BCUT2D eigenvalue weighted by molar-refractivity contribution is 0.153. The quantitative estimate of drug-likeness (QED) is 0.0953. The lowest BCUT2D eigenvalue weighted by Gasteiger charge is -2.38. The summed E-state index contributed by atoms with van der Waals surface area (Å²) in [6.07, 6.45) is 56.5. The van der Waals surface area contributed by atoms with E-state index in [2.05, 4.69) is 88.4 Å². The molecule has 0 unspecified atom stereocenters. The van der Waals surface area contributed by atoms with Crippen molar-refractivity contribution in [3.05, 3.63) is 82.9 Å². The van der Waals surface area contributed by atoms with E-state index < -0.39 is 0 Å². The van der Waals surface area contributed by atoms with Crippen LogP contribution in [-0.4, -0.2) is 13.2 Å². The first-order valence-electron chi connectivity index (χ1n) is 32.2. The zero-order chi connectivity index (χ0) is 49.0. The molecule has 6 saturated carbocycles. The maximum absolute atomic E-state index is 6.79. The lowest BCUT2D eigenvalue weighted by Crippen LogP contribution is -2.26. The highest BCUT2D eigenvalue weighted by Crippen LogP contribution is 2.48. The van der Waals surface area contributed by atoms with Crippen molar-refractivity contribution < 1.29 is 4.74 Å². The van der Waals surface area contributed by atoms with Crippen LogP contribution in [0.5, 0.6) is 0 Å². The normalized spacial score (nSPS) is 32.5. The molecule has 0 spiro atoms. The molecule has 396 valence electrons. The Hall–Kier alpha value is -2.12. The number of ether oxygens (including phenoxy) is 1. The Morgan fingerprint density at radius 1 is 0.352 bits per heavy atom. The number of unbranched alkanes of at least 4 members (excludes halogenated alkanes) is 4. The van der Waals surface area contributed by atoms with Crippen molar-refractivity contribution in [2.45, 2.75) is 271 Å². The third-order valence-corrected chi connectivity index (χ3v) is 21.3. The topological polar surface area (TPSA) is 9.23 Å². The van der Waals surface area contributed by atoms with E-state index in [1.54, 1.807) is 22.3 Å². The molecule has 2 aromatic carbocycles. The molecule has 1 heteroatoms. The van der Waals surface area contributed by atoms with Crippen LogP contribution >= 0.6 is 0 Å². The van der Waals surface area contributed by atoms with Crippen molar-refractivity contribution in [1.82, 2.24) is 0 Å². The van der Waals surface area contributed by atoms with E-state index in [9.17, 15) is 0 Å². The minimum absolute atomic E-state index is 0.660. The highest BCUT2D eigenvalue weighted by molar-refractivity contribution is 5.69. The van der Waals surface area contributed by atoms with Crippen molar-refractivity contribution in [3.8, 4) is 0 Å². The number of rotatable bonds is 24. The fourth-order valence-corrected chi connectivity index (χ4v) is 16.8. The van der Waals surface area contributed by atoms with E-state index in [1.165, 1.54) is 242 Å². The zero-order valence-corrected chi connectivity index (χ0v) is 47.0. The van der Waals surface area contributed by atoms with Crippen LogP contribution in [0.2, 0.25) is 0 Å². The van der Waals surface area contributed by atoms with Crippen LogP contribution in [0.15, 0.2) is 60.7 Å².